The Morgan fingerprint density at radius 2 is 1.96 bits per heavy atom. The van der Waals surface area contributed by atoms with Gasteiger partial charge in [-0.1, -0.05) is 11.6 Å². The maximum Gasteiger partial charge on any atom is 0.251 e. The number of fused-ring (bicyclic) bond motifs is 2. The number of primary amides is 1. The van der Waals surface area contributed by atoms with Crippen LogP contribution in [0.15, 0.2) is 42.5 Å². The molecule has 0 radical (unpaired) electrons. The lowest BCUT2D eigenvalue weighted by Gasteiger charge is -2.30. The third kappa shape index (κ3) is 4.96. The molecule has 1 aliphatic heterocycles. The fraction of sp³-hybridized carbons (Fsp3) is 0.412. The Bertz CT molecular complexity index is 1940. The number of nitrogens with two attached hydrogens (primary N) is 1. The zero-order chi connectivity index (χ0) is 32.0. The van der Waals surface area contributed by atoms with Gasteiger partial charge in [0.15, 0.2) is 0 Å². The standard InChI is InChI=1S/C34H33ClFN5O5/c1-33(32(37)43)16-45-30-23(33)14-27(39-29(30)18-4-9-25(36)24(35)11-18)34(44,20-5-6-20)15-38-31(42)19-10-21-13-26(17-2-3-17)40-41(21)28(12-19)46-22-7-8-22/h4,9-14,17,20,22,44H,2-3,5-8,15-16H2,1H3,(H2,37,43)(H,38,42)/t33-,34+/m0/s1. The molecule has 1 aromatic carbocycles. The molecule has 4 N–H and O–H groups in total. The van der Waals surface area contributed by atoms with Crippen LogP contribution in [-0.4, -0.2) is 50.8 Å². The number of nitrogens with zero attached hydrogens (tertiary/aromatic N) is 3. The van der Waals surface area contributed by atoms with Crippen molar-refractivity contribution in [3.05, 3.63) is 75.8 Å². The average molecular weight is 646 g/mol. The summed E-state index contributed by atoms with van der Waals surface area (Å²) in [5.41, 5.74) is 6.67. The van der Waals surface area contributed by atoms with E-state index in [2.05, 4.69) is 5.32 Å². The first kappa shape index (κ1) is 29.2. The van der Waals surface area contributed by atoms with E-state index in [-0.39, 0.29) is 41.8 Å². The SMILES string of the molecule is C[C@]1(C(N)=O)COc2c1cc([C@@](O)(CNC(=O)c1cc(OC3CC3)n3nc(C4CC4)cc3c1)C1CC1)nc2-c1ccc(F)c(Cl)c1. The lowest BCUT2D eigenvalue weighted by molar-refractivity contribution is -0.123. The van der Waals surface area contributed by atoms with Gasteiger partial charge in [0.1, 0.15) is 41.0 Å². The van der Waals surface area contributed by atoms with Crippen molar-refractivity contribution in [3.63, 3.8) is 0 Å². The van der Waals surface area contributed by atoms with Crippen LogP contribution < -0.4 is 20.5 Å². The molecule has 4 aromatic rings. The first-order valence-electron chi connectivity index (χ1n) is 15.7. The molecule has 2 atom stereocenters. The average Bonchev–Trinajstić information content (AvgIpc) is 3.92. The molecule has 3 saturated carbocycles. The molecule has 3 aromatic heterocycles. The number of hydrogen-bond acceptors (Lipinski definition) is 7. The van der Waals surface area contributed by atoms with E-state index in [1.807, 2.05) is 6.07 Å². The van der Waals surface area contributed by atoms with E-state index in [0.717, 1.165) is 49.7 Å². The van der Waals surface area contributed by atoms with Gasteiger partial charge in [-0.05, 0) is 87.8 Å². The minimum absolute atomic E-state index is 0.0197. The number of hydrogen-bond donors (Lipinski definition) is 3. The number of carbonyl (C=O) groups is 2. The predicted octanol–water partition coefficient (Wildman–Crippen LogP) is 4.77. The number of aromatic nitrogens is 3. The van der Waals surface area contributed by atoms with Gasteiger partial charge in [-0.25, -0.2) is 13.9 Å². The number of rotatable bonds is 10. The minimum atomic E-state index is -1.59. The van der Waals surface area contributed by atoms with Crippen LogP contribution in [0.5, 0.6) is 11.6 Å². The zero-order valence-corrected chi connectivity index (χ0v) is 25.9. The molecule has 4 aliphatic rings. The zero-order valence-electron chi connectivity index (χ0n) is 25.2. The van der Waals surface area contributed by atoms with Gasteiger partial charge >= 0.3 is 0 Å². The van der Waals surface area contributed by atoms with Crippen molar-refractivity contribution in [1.82, 2.24) is 19.9 Å². The Hall–Kier alpha value is -4.22. The van der Waals surface area contributed by atoms with Gasteiger partial charge in [-0.15, -0.1) is 0 Å². The van der Waals surface area contributed by atoms with Crippen molar-refractivity contribution in [1.29, 1.82) is 0 Å². The van der Waals surface area contributed by atoms with Crippen molar-refractivity contribution < 1.29 is 28.6 Å². The number of nitrogens with one attached hydrogen (secondary N) is 1. The molecule has 0 spiro atoms. The fourth-order valence-corrected chi connectivity index (χ4v) is 6.39. The van der Waals surface area contributed by atoms with Gasteiger partial charge in [0.25, 0.3) is 5.91 Å². The summed E-state index contributed by atoms with van der Waals surface area (Å²) in [6.45, 7) is 1.51. The Kier molecular flexibility index (Phi) is 6.60. The summed E-state index contributed by atoms with van der Waals surface area (Å²) in [6, 6.07) is 11.3. The topological polar surface area (TPSA) is 141 Å². The lowest BCUT2D eigenvalue weighted by atomic mass is 9.81. The Morgan fingerprint density at radius 1 is 1.17 bits per heavy atom. The van der Waals surface area contributed by atoms with Crippen LogP contribution in [-0.2, 0) is 15.8 Å². The summed E-state index contributed by atoms with van der Waals surface area (Å²) in [5, 5.41) is 19.9. The van der Waals surface area contributed by atoms with Gasteiger partial charge in [0.2, 0.25) is 11.8 Å². The number of amides is 2. The first-order chi connectivity index (χ1) is 22.0. The summed E-state index contributed by atoms with van der Waals surface area (Å²) >= 11 is 6.12. The largest absolute Gasteiger partial charge is 0.489 e. The van der Waals surface area contributed by atoms with Crippen LogP contribution in [0.1, 0.15) is 78.7 Å². The van der Waals surface area contributed by atoms with Crippen molar-refractivity contribution in [2.24, 2.45) is 11.7 Å². The van der Waals surface area contributed by atoms with Crippen LogP contribution in [0.2, 0.25) is 5.02 Å². The van der Waals surface area contributed by atoms with Crippen molar-refractivity contribution in [2.45, 2.75) is 68.5 Å². The summed E-state index contributed by atoms with van der Waals surface area (Å²) in [6.07, 6.45) is 5.68. The monoisotopic (exact) mass is 645 g/mol. The Morgan fingerprint density at radius 3 is 2.63 bits per heavy atom. The van der Waals surface area contributed by atoms with E-state index in [1.165, 1.54) is 18.2 Å². The van der Waals surface area contributed by atoms with E-state index in [4.69, 9.17) is 36.9 Å². The minimum Gasteiger partial charge on any atom is -0.489 e. The summed E-state index contributed by atoms with van der Waals surface area (Å²) < 4.78 is 28.0. The number of halogens is 2. The van der Waals surface area contributed by atoms with E-state index < -0.39 is 22.7 Å². The van der Waals surface area contributed by atoms with Gasteiger partial charge in [0.05, 0.1) is 28.5 Å². The smallest absolute Gasteiger partial charge is 0.251 e. The number of ether oxygens (including phenoxy) is 2. The van der Waals surface area contributed by atoms with E-state index >= 15 is 0 Å². The van der Waals surface area contributed by atoms with Crippen molar-refractivity contribution >= 4 is 28.9 Å². The Labute approximate surface area is 269 Å². The van der Waals surface area contributed by atoms with E-state index in [9.17, 15) is 19.1 Å². The quantitative estimate of drug-likeness (QED) is 0.226. The molecule has 4 heterocycles. The van der Waals surface area contributed by atoms with E-state index in [0.29, 0.717) is 39.9 Å². The van der Waals surface area contributed by atoms with Crippen LogP contribution >= 0.6 is 11.6 Å². The molecule has 0 saturated heterocycles. The molecule has 0 unspecified atom stereocenters. The second kappa shape index (κ2) is 10.4. The van der Waals surface area contributed by atoms with Gasteiger partial charge < -0.3 is 25.6 Å². The molecule has 8 rings (SSSR count). The maximum absolute atomic E-state index is 14.1. The molecule has 3 aliphatic carbocycles. The highest BCUT2D eigenvalue weighted by molar-refractivity contribution is 6.31. The molecule has 46 heavy (non-hydrogen) atoms. The highest BCUT2D eigenvalue weighted by Gasteiger charge is 2.50. The normalized spacial score (nSPS) is 21.8. The lowest BCUT2D eigenvalue weighted by Crippen LogP contribution is -2.44. The highest BCUT2D eigenvalue weighted by atomic mass is 35.5. The molecular formula is C34H33ClFN5O5. The van der Waals surface area contributed by atoms with Crippen LogP contribution in [0, 0.1) is 11.7 Å². The summed E-state index contributed by atoms with van der Waals surface area (Å²) in [7, 11) is 0. The second-order valence-corrected chi connectivity index (χ2v) is 13.7. The van der Waals surface area contributed by atoms with E-state index in [1.54, 1.807) is 29.6 Å². The van der Waals surface area contributed by atoms with Crippen molar-refractivity contribution in [3.8, 4) is 22.9 Å². The summed E-state index contributed by atoms with van der Waals surface area (Å²) in [5.74, 6) is -0.496. The Balaban J connectivity index is 1.15. The molecule has 12 heteroatoms. The van der Waals surface area contributed by atoms with Crippen LogP contribution in [0.3, 0.4) is 0 Å². The van der Waals surface area contributed by atoms with Gasteiger partial charge in [-0.2, -0.15) is 5.10 Å². The molecule has 238 valence electrons. The number of carbonyl (C=O) groups excluding carboxylic acids is 2. The number of benzene rings is 1. The predicted molar refractivity (Wildman–Crippen MR) is 166 cm³/mol. The molecule has 3 fully saturated rings. The molecule has 0 bridgehead atoms. The maximum atomic E-state index is 14.1. The molecule has 10 nitrogen and oxygen atoms in total. The van der Waals surface area contributed by atoms with Crippen LogP contribution in [0.25, 0.3) is 16.8 Å². The first-order valence-corrected chi connectivity index (χ1v) is 16.1. The molecule has 2 amide bonds. The summed E-state index contributed by atoms with van der Waals surface area (Å²) in [4.78, 5) is 31.2. The fourth-order valence-electron chi connectivity index (χ4n) is 6.21. The van der Waals surface area contributed by atoms with Crippen LogP contribution in [0.4, 0.5) is 4.39 Å². The third-order valence-corrected chi connectivity index (χ3v) is 9.93. The van der Waals surface area contributed by atoms with Gasteiger partial charge in [0, 0.05) is 28.7 Å². The molecular weight excluding hydrogens is 613 g/mol. The second-order valence-electron chi connectivity index (χ2n) is 13.3. The highest BCUT2D eigenvalue weighted by Crippen LogP contribution is 2.50. The van der Waals surface area contributed by atoms with Crippen molar-refractivity contribution in [2.75, 3.05) is 13.2 Å². The number of pyridine rings is 2. The number of aliphatic hydroxyl groups is 1. The van der Waals surface area contributed by atoms with Gasteiger partial charge in [-0.3, -0.25) is 9.59 Å². The third-order valence-electron chi connectivity index (χ3n) is 9.64.